The highest BCUT2D eigenvalue weighted by Gasteiger charge is 2.62. The Morgan fingerprint density at radius 2 is 1.76 bits per heavy atom. The van der Waals surface area contributed by atoms with Gasteiger partial charge in [-0.2, -0.15) is 0 Å². The van der Waals surface area contributed by atoms with Crippen LogP contribution in [-0.2, 0) is 27.2 Å². The fraction of sp³-hybridized carbons (Fsp3) is 0.731. The van der Waals surface area contributed by atoms with Gasteiger partial charge in [-0.1, -0.05) is 62.3 Å². The normalized spacial score (nSPS) is 29.5. The summed E-state index contributed by atoms with van der Waals surface area (Å²) >= 11 is 0. The third-order valence-electron chi connectivity index (χ3n) is 7.80. The zero-order valence-electron chi connectivity index (χ0n) is 25.1. The van der Waals surface area contributed by atoms with E-state index in [0.717, 1.165) is 0 Å². The van der Waals surface area contributed by atoms with Crippen LogP contribution in [0.5, 0.6) is 0 Å². The molecular weight excluding hydrogens is 520 g/mol. The van der Waals surface area contributed by atoms with Crippen LogP contribution < -0.4 is 5.73 Å². The molecule has 0 saturated carbocycles. The van der Waals surface area contributed by atoms with Gasteiger partial charge in [0.25, 0.3) is 0 Å². The van der Waals surface area contributed by atoms with Crippen molar-refractivity contribution in [2.75, 3.05) is 12.3 Å². The fourth-order valence-corrected chi connectivity index (χ4v) is 16.9. The Balaban J connectivity index is 1.90. The van der Waals surface area contributed by atoms with Crippen LogP contribution in [0.25, 0.3) is 11.0 Å². The SMILES string of the molecule is [2H][C@@]1(OC(=O)CC)[C@@H]2O[Si](C(C)C)(C(C)C)O[Si](C(C)C)(C(C)C)OC[C@H]2O[C@H]1n1ccc2c(N)ncnc21. The second-order valence-corrected chi connectivity index (χ2v) is 20.3. The zero-order valence-corrected chi connectivity index (χ0v) is 26.1. The number of esters is 1. The Hall–Kier alpha value is -1.84. The number of nitrogens with zero attached hydrogens (tertiary/aromatic N) is 3. The van der Waals surface area contributed by atoms with Crippen LogP contribution in [0.2, 0.25) is 22.2 Å². The van der Waals surface area contributed by atoms with Crippen LogP contribution in [-0.4, -0.2) is 62.5 Å². The summed E-state index contributed by atoms with van der Waals surface area (Å²) in [6.45, 7) is 18.9. The second kappa shape index (κ2) is 11.0. The van der Waals surface area contributed by atoms with E-state index in [2.05, 4.69) is 65.4 Å². The lowest BCUT2D eigenvalue weighted by Gasteiger charge is -2.51. The number of nitrogens with two attached hydrogens (primary N) is 1. The van der Waals surface area contributed by atoms with Gasteiger partial charge in [-0.15, -0.1) is 0 Å². The Kier molecular flexibility index (Phi) is 8.00. The molecule has 12 heteroatoms. The summed E-state index contributed by atoms with van der Waals surface area (Å²) in [7, 11) is -5.92. The highest BCUT2D eigenvalue weighted by molar-refractivity contribution is 6.84. The molecule has 2 saturated heterocycles. The molecule has 2 aromatic rings. The molecule has 2 N–H and O–H groups in total. The van der Waals surface area contributed by atoms with Gasteiger partial charge in [0.15, 0.2) is 12.3 Å². The van der Waals surface area contributed by atoms with Crippen molar-refractivity contribution >= 4 is 39.9 Å². The minimum absolute atomic E-state index is 0.0364. The third-order valence-corrected chi connectivity index (χ3v) is 18.0. The average molecular weight is 566 g/mol. The van der Waals surface area contributed by atoms with Crippen molar-refractivity contribution in [3.8, 4) is 0 Å². The molecule has 2 aromatic heterocycles. The minimum Gasteiger partial charge on any atom is -0.455 e. The molecule has 0 aliphatic carbocycles. The minimum atomic E-state index is -3.10. The van der Waals surface area contributed by atoms with Crippen LogP contribution in [0.15, 0.2) is 18.6 Å². The number of carbonyl (C=O) groups excluding carboxylic acids is 1. The van der Waals surface area contributed by atoms with Crippen LogP contribution in [0.3, 0.4) is 0 Å². The monoisotopic (exact) mass is 565 g/mol. The van der Waals surface area contributed by atoms with E-state index in [1.807, 2.05) is 0 Å². The van der Waals surface area contributed by atoms with Gasteiger partial charge in [-0.3, -0.25) is 4.79 Å². The molecule has 4 rings (SSSR count). The fourth-order valence-electron chi connectivity index (χ4n) is 5.71. The molecule has 0 unspecified atom stereocenters. The quantitative estimate of drug-likeness (QED) is 0.357. The maximum atomic E-state index is 12.8. The van der Waals surface area contributed by atoms with E-state index in [1.54, 1.807) is 23.8 Å². The van der Waals surface area contributed by atoms with E-state index in [1.165, 1.54) is 6.33 Å². The maximum Gasteiger partial charge on any atom is 0.335 e. The summed E-state index contributed by atoms with van der Waals surface area (Å²) in [4.78, 5) is 21.3. The molecule has 0 spiro atoms. The molecule has 0 aromatic carbocycles. The number of carbonyl (C=O) groups is 1. The molecule has 2 aliphatic rings. The van der Waals surface area contributed by atoms with Crippen molar-refractivity contribution in [3.63, 3.8) is 0 Å². The number of fused-ring (bicyclic) bond motifs is 2. The lowest BCUT2D eigenvalue weighted by molar-refractivity contribution is -0.157. The number of hydrogen-bond donors (Lipinski definition) is 1. The Morgan fingerprint density at radius 3 is 2.34 bits per heavy atom. The van der Waals surface area contributed by atoms with E-state index in [9.17, 15) is 6.17 Å². The van der Waals surface area contributed by atoms with Crippen LogP contribution in [0, 0.1) is 0 Å². The van der Waals surface area contributed by atoms with Crippen LogP contribution in [0.4, 0.5) is 5.82 Å². The summed E-state index contributed by atoms with van der Waals surface area (Å²) in [5, 5.41) is 0.620. The van der Waals surface area contributed by atoms with E-state index in [-0.39, 0.29) is 35.2 Å². The summed E-state index contributed by atoms with van der Waals surface area (Å²) in [5.41, 5.74) is 6.96. The predicted molar refractivity (Wildman–Crippen MR) is 150 cm³/mol. The second-order valence-electron chi connectivity index (χ2n) is 11.5. The van der Waals surface area contributed by atoms with Crippen molar-refractivity contribution in [1.29, 1.82) is 0 Å². The van der Waals surface area contributed by atoms with Crippen molar-refractivity contribution in [2.45, 2.75) is 115 Å². The number of hydrogen-bond acceptors (Lipinski definition) is 9. The molecule has 4 atom stereocenters. The number of anilines is 1. The summed E-state index contributed by atoms with van der Waals surface area (Å²) in [5.74, 6) is -0.209. The number of nitrogen functional groups attached to an aromatic ring is 1. The van der Waals surface area contributed by atoms with Gasteiger partial charge in [0.05, 0.1) is 13.4 Å². The first-order chi connectivity index (χ1) is 18.2. The molecule has 2 aliphatic heterocycles. The van der Waals surface area contributed by atoms with Gasteiger partial charge in [-0.25, -0.2) is 9.97 Å². The van der Waals surface area contributed by atoms with Crippen LogP contribution in [0.1, 0.15) is 76.3 Å². The molecule has 212 valence electrons. The van der Waals surface area contributed by atoms with E-state index in [0.29, 0.717) is 16.9 Å². The van der Waals surface area contributed by atoms with Gasteiger partial charge < -0.3 is 32.7 Å². The van der Waals surface area contributed by atoms with Crippen LogP contribution >= 0.6 is 0 Å². The van der Waals surface area contributed by atoms with E-state index >= 15 is 0 Å². The Labute approximate surface area is 229 Å². The van der Waals surface area contributed by atoms with Gasteiger partial charge in [0.1, 0.15) is 30.0 Å². The molecule has 0 amide bonds. The molecular formula is C26H44N4O6Si2. The van der Waals surface area contributed by atoms with E-state index < -0.39 is 47.6 Å². The summed E-state index contributed by atoms with van der Waals surface area (Å²) < 4.78 is 45.2. The maximum absolute atomic E-state index is 12.8. The summed E-state index contributed by atoms with van der Waals surface area (Å²) in [6.07, 6.45) is -1.41. The average Bonchev–Trinajstić information content (AvgIpc) is 3.38. The highest BCUT2D eigenvalue weighted by atomic mass is 28.5. The molecule has 10 nitrogen and oxygen atoms in total. The molecule has 4 heterocycles. The third kappa shape index (κ3) is 4.83. The molecule has 0 bridgehead atoms. The largest absolute Gasteiger partial charge is 0.455 e. The van der Waals surface area contributed by atoms with Crippen molar-refractivity contribution in [1.82, 2.24) is 14.5 Å². The molecule has 0 radical (unpaired) electrons. The van der Waals surface area contributed by atoms with Crippen molar-refractivity contribution in [2.24, 2.45) is 0 Å². The standard InChI is InChI=1S/C26H44N4O6Si2/c1-10-21(31)34-23-22-20(33-26(23)30-12-11-19-24(27)28-14-29-25(19)30)13-32-37(15(2)3,16(4)5)36-38(35-22,17(6)7)18(8)9/h11-12,14-18,20,22-23,26H,10,13H2,1-9H3,(H2,27,28,29)/t20-,22-,23-,26-/m1/s1/i23D. The van der Waals surface area contributed by atoms with E-state index in [4.69, 9.17) is 28.2 Å². The summed E-state index contributed by atoms with van der Waals surface area (Å²) in [6, 6.07) is 1.77. The van der Waals surface area contributed by atoms with Crippen molar-refractivity contribution < 1.29 is 28.6 Å². The number of rotatable bonds is 7. The van der Waals surface area contributed by atoms with Gasteiger partial charge >= 0.3 is 23.1 Å². The predicted octanol–water partition coefficient (Wildman–Crippen LogP) is 5.19. The first kappa shape index (κ1) is 27.7. The Morgan fingerprint density at radius 1 is 1.13 bits per heavy atom. The van der Waals surface area contributed by atoms with Gasteiger partial charge in [-0.05, 0) is 28.2 Å². The van der Waals surface area contributed by atoms with Crippen molar-refractivity contribution in [3.05, 3.63) is 18.6 Å². The molecule has 38 heavy (non-hydrogen) atoms. The first-order valence-corrected chi connectivity index (χ1v) is 17.6. The number of aromatic nitrogens is 3. The Bertz CT molecular complexity index is 1180. The zero-order chi connectivity index (χ0) is 28.9. The highest BCUT2D eigenvalue weighted by Crippen LogP contribution is 2.49. The van der Waals surface area contributed by atoms with Gasteiger partial charge in [0.2, 0.25) is 0 Å². The smallest absolute Gasteiger partial charge is 0.335 e. The first-order valence-electron chi connectivity index (χ1n) is 14.2. The lowest BCUT2D eigenvalue weighted by atomic mass is 10.1. The number of ether oxygens (including phenoxy) is 2. The lowest BCUT2D eigenvalue weighted by Crippen LogP contribution is -2.66. The topological polar surface area (TPSA) is 120 Å². The molecule has 2 fully saturated rings. The van der Waals surface area contributed by atoms with Gasteiger partial charge in [0, 0.05) is 12.6 Å².